The van der Waals surface area contributed by atoms with E-state index in [0.29, 0.717) is 19.5 Å². The van der Waals surface area contributed by atoms with Crippen LogP contribution in [0.1, 0.15) is 19.3 Å². The number of rotatable bonds is 2. The second-order valence-electron chi connectivity index (χ2n) is 4.50. The molecule has 2 atom stereocenters. The van der Waals surface area contributed by atoms with Crippen LogP contribution in [0.25, 0.3) is 0 Å². The first-order valence-electron chi connectivity index (χ1n) is 5.40. The number of amides is 1. The SMILES string of the molecule is NCCC(=O)N1C[C@H]2CCC(F)(F)[C@H]2C1. The van der Waals surface area contributed by atoms with Gasteiger partial charge in [0, 0.05) is 38.4 Å². The minimum Gasteiger partial charge on any atom is -0.342 e. The van der Waals surface area contributed by atoms with Crippen molar-refractivity contribution in [2.75, 3.05) is 19.6 Å². The largest absolute Gasteiger partial charge is 0.342 e. The molecule has 1 amide bonds. The van der Waals surface area contributed by atoms with Gasteiger partial charge in [-0.25, -0.2) is 8.78 Å². The number of likely N-dealkylation sites (tertiary alicyclic amines) is 1. The summed E-state index contributed by atoms with van der Waals surface area (Å²) in [6.45, 7) is 1.01. The number of alkyl halides is 2. The number of fused-ring (bicyclic) bond motifs is 1. The Kier molecular flexibility index (Phi) is 2.66. The zero-order chi connectivity index (χ0) is 11.1. The van der Waals surface area contributed by atoms with Crippen LogP contribution < -0.4 is 5.73 Å². The summed E-state index contributed by atoms with van der Waals surface area (Å²) in [6, 6.07) is 0. The van der Waals surface area contributed by atoms with Gasteiger partial charge >= 0.3 is 0 Å². The Labute approximate surface area is 87.6 Å². The summed E-state index contributed by atoms with van der Waals surface area (Å²) in [5.74, 6) is -3.26. The highest BCUT2D eigenvalue weighted by atomic mass is 19.3. The molecule has 0 aromatic rings. The van der Waals surface area contributed by atoms with Crippen molar-refractivity contribution >= 4 is 5.91 Å². The molecule has 0 spiro atoms. The molecule has 2 aliphatic rings. The van der Waals surface area contributed by atoms with Gasteiger partial charge in [-0.3, -0.25) is 4.79 Å². The fourth-order valence-corrected chi connectivity index (χ4v) is 2.69. The van der Waals surface area contributed by atoms with Crippen molar-refractivity contribution in [3.63, 3.8) is 0 Å². The molecular weight excluding hydrogens is 202 g/mol. The molecule has 1 aliphatic carbocycles. The van der Waals surface area contributed by atoms with Gasteiger partial charge in [0.1, 0.15) is 0 Å². The quantitative estimate of drug-likeness (QED) is 0.746. The van der Waals surface area contributed by atoms with Gasteiger partial charge in [-0.15, -0.1) is 0 Å². The van der Waals surface area contributed by atoms with E-state index in [4.69, 9.17) is 5.73 Å². The number of carbonyl (C=O) groups is 1. The Hall–Kier alpha value is -0.710. The Morgan fingerprint density at radius 3 is 2.80 bits per heavy atom. The third-order valence-electron chi connectivity index (χ3n) is 3.54. The molecule has 2 rings (SSSR count). The first kappa shape index (κ1) is 10.8. The average Bonchev–Trinajstić information content (AvgIpc) is 2.68. The maximum atomic E-state index is 13.4. The molecule has 5 heteroatoms. The fraction of sp³-hybridized carbons (Fsp3) is 0.900. The van der Waals surface area contributed by atoms with Crippen LogP contribution in [-0.2, 0) is 4.79 Å². The normalized spacial score (nSPS) is 33.1. The van der Waals surface area contributed by atoms with Crippen LogP contribution in [0.15, 0.2) is 0 Å². The van der Waals surface area contributed by atoms with Crippen LogP contribution in [-0.4, -0.2) is 36.4 Å². The molecule has 0 unspecified atom stereocenters. The van der Waals surface area contributed by atoms with Crippen molar-refractivity contribution < 1.29 is 13.6 Å². The molecule has 0 aromatic heterocycles. The molecule has 1 saturated carbocycles. The fourth-order valence-electron chi connectivity index (χ4n) is 2.69. The van der Waals surface area contributed by atoms with Crippen LogP contribution in [0.3, 0.4) is 0 Å². The van der Waals surface area contributed by atoms with E-state index in [1.807, 2.05) is 0 Å². The Balaban J connectivity index is 1.98. The second kappa shape index (κ2) is 3.70. The molecule has 15 heavy (non-hydrogen) atoms. The zero-order valence-corrected chi connectivity index (χ0v) is 8.59. The Morgan fingerprint density at radius 1 is 1.47 bits per heavy atom. The number of hydrogen-bond donors (Lipinski definition) is 1. The highest BCUT2D eigenvalue weighted by Crippen LogP contribution is 2.48. The highest BCUT2D eigenvalue weighted by Gasteiger charge is 2.54. The van der Waals surface area contributed by atoms with Crippen LogP contribution in [0.2, 0.25) is 0 Å². The molecule has 0 bridgehead atoms. The molecule has 0 aromatic carbocycles. The van der Waals surface area contributed by atoms with Crippen molar-refractivity contribution in [3.05, 3.63) is 0 Å². The Bertz CT molecular complexity index is 270. The third-order valence-corrected chi connectivity index (χ3v) is 3.54. The molecule has 0 radical (unpaired) electrons. The summed E-state index contributed by atoms with van der Waals surface area (Å²) in [6.07, 6.45) is 0.802. The number of hydrogen-bond acceptors (Lipinski definition) is 2. The maximum Gasteiger partial charge on any atom is 0.252 e. The number of nitrogens with zero attached hydrogens (tertiary/aromatic N) is 1. The number of halogens is 2. The number of nitrogens with two attached hydrogens (primary N) is 1. The molecule has 86 valence electrons. The van der Waals surface area contributed by atoms with Crippen molar-refractivity contribution in [1.82, 2.24) is 4.90 Å². The van der Waals surface area contributed by atoms with Gasteiger partial charge in [-0.2, -0.15) is 0 Å². The molecule has 2 N–H and O–H groups in total. The summed E-state index contributed by atoms with van der Waals surface area (Å²) in [4.78, 5) is 13.0. The van der Waals surface area contributed by atoms with E-state index in [-0.39, 0.29) is 31.2 Å². The van der Waals surface area contributed by atoms with E-state index in [2.05, 4.69) is 0 Å². The first-order valence-corrected chi connectivity index (χ1v) is 5.40. The smallest absolute Gasteiger partial charge is 0.252 e. The first-order chi connectivity index (χ1) is 7.04. The maximum absolute atomic E-state index is 13.4. The van der Waals surface area contributed by atoms with Crippen LogP contribution in [0.4, 0.5) is 8.78 Å². The molecule has 2 fully saturated rings. The minimum absolute atomic E-state index is 0.00160. The van der Waals surface area contributed by atoms with Crippen LogP contribution >= 0.6 is 0 Å². The van der Waals surface area contributed by atoms with Gasteiger partial charge in [0.05, 0.1) is 0 Å². The summed E-state index contributed by atoms with van der Waals surface area (Å²) in [5.41, 5.74) is 5.27. The lowest BCUT2D eigenvalue weighted by molar-refractivity contribution is -0.130. The monoisotopic (exact) mass is 218 g/mol. The lowest BCUT2D eigenvalue weighted by Crippen LogP contribution is -2.33. The van der Waals surface area contributed by atoms with Crippen molar-refractivity contribution in [3.8, 4) is 0 Å². The summed E-state index contributed by atoms with van der Waals surface area (Å²) in [7, 11) is 0. The third kappa shape index (κ3) is 1.85. The lowest BCUT2D eigenvalue weighted by atomic mass is 9.99. The predicted octanol–water partition coefficient (Wildman–Crippen LogP) is 0.839. The van der Waals surface area contributed by atoms with Gasteiger partial charge in [0.2, 0.25) is 5.91 Å². The summed E-state index contributed by atoms with van der Waals surface area (Å²) >= 11 is 0. The van der Waals surface area contributed by atoms with E-state index in [1.165, 1.54) is 0 Å². The summed E-state index contributed by atoms with van der Waals surface area (Å²) in [5, 5.41) is 0. The second-order valence-corrected chi connectivity index (χ2v) is 4.50. The predicted molar refractivity (Wildman–Crippen MR) is 51.4 cm³/mol. The average molecular weight is 218 g/mol. The van der Waals surface area contributed by atoms with E-state index in [9.17, 15) is 13.6 Å². The molecule has 3 nitrogen and oxygen atoms in total. The van der Waals surface area contributed by atoms with Gasteiger partial charge in [-0.05, 0) is 12.3 Å². The van der Waals surface area contributed by atoms with Gasteiger partial charge in [-0.1, -0.05) is 0 Å². The summed E-state index contributed by atoms with van der Waals surface area (Å²) < 4.78 is 26.7. The molecular formula is C10H16F2N2O. The lowest BCUT2D eigenvalue weighted by Gasteiger charge is -2.20. The zero-order valence-electron chi connectivity index (χ0n) is 8.59. The van der Waals surface area contributed by atoms with Crippen molar-refractivity contribution in [2.24, 2.45) is 17.6 Å². The van der Waals surface area contributed by atoms with E-state index >= 15 is 0 Å². The Morgan fingerprint density at radius 2 is 2.20 bits per heavy atom. The van der Waals surface area contributed by atoms with Gasteiger partial charge < -0.3 is 10.6 Å². The van der Waals surface area contributed by atoms with Crippen LogP contribution in [0.5, 0.6) is 0 Å². The molecule has 1 heterocycles. The standard InChI is InChI=1S/C10H16F2N2O/c11-10(12)3-1-7-5-14(6-8(7)10)9(15)2-4-13/h7-8H,1-6,13H2/t7-,8+/m1/s1. The number of carbonyl (C=O) groups excluding carboxylic acids is 1. The van der Waals surface area contributed by atoms with Gasteiger partial charge in [0.25, 0.3) is 5.92 Å². The topological polar surface area (TPSA) is 46.3 Å². The highest BCUT2D eigenvalue weighted by molar-refractivity contribution is 5.76. The van der Waals surface area contributed by atoms with E-state index in [1.54, 1.807) is 4.90 Å². The van der Waals surface area contributed by atoms with Crippen molar-refractivity contribution in [1.29, 1.82) is 0 Å². The van der Waals surface area contributed by atoms with Crippen LogP contribution in [0, 0.1) is 11.8 Å². The van der Waals surface area contributed by atoms with E-state index in [0.717, 1.165) is 0 Å². The molecule has 1 saturated heterocycles. The minimum atomic E-state index is -2.57. The molecule has 1 aliphatic heterocycles. The van der Waals surface area contributed by atoms with E-state index < -0.39 is 11.8 Å². The van der Waals surface area contributed by atoms with Gasteiger partial charge in [0.15, 0.2) is 0 Å². The van der Waals surface area contributed by atoms with Crippen molar-refractivity contribution in [2.45, 2.75) is 25.2 Å².